The average Bonchev–Trinajstić information content (AvgIpc) is 2.82. The highest BCUT2D eigenvalue weighted by Crippen LogP contribution is 2.19. The number of pyridine rings is 1. The third-order valence-electron chi connectivity index (χ3n) is 2.46. The molecule has 0 saturated heterocycles. The van der Waals surface area contributed by atoms with Crippen LogP contribution in [0, 0.1) is 18.6 Å². The van der Waals surface area contributed by atoms with Crippen molar-refractivity contribution in [2.45, 2.75) is 26.8 Å². The molecule has 2 rings (SSSR count). The van der Waals surface area contributed by atoms with Crippen molar-refractivity contribution >= 4 is 11.6 Å². The van der Waals surface area contributed by atoms with Gasteiger partial charge in [0.1, 0.15) is 0 Å². The predicted octanol–water partition coefficient (Wildman–Crippen LogP) is 2.49. The molecule has 0 aliphatic carbocycles. The van der Waals surface area contributed by atoms with E-state index in [0.717, 1.165) is 12.5 Å². The summed E-state index contributed by atoms with van der Waals surface area (Å²) in [6.45, 7) is 4.28. The van der Waals surface area contributed by atoms with Crippen molar-refractivity contribution in [1.82, 2.24) is 15.1 Å². The third kappa shape index (κ3) is 3.40. The van der Waals surface area contributed by atoms with Gasteiger partial charge in [0.25, 0.3) is 0 Å². The molecule has 8 heteroatoms. The van der Waals surface area contributed by atoms with E-state index in [-0.39, 0.29) is 18.2 Å². The SMILES string of the molecule is CCCNc1nc(NCc2noc(C)n2)c(F)cc1F. The molecule has 0 fully saturated rings. The second-order valence-electron chi connectivity index (χ2n) is 4.16. The Bertz CT molecular complexity index is 587. The van der Waals surface area contributed by atoms with Crippen LogP contribution in [0.1, 0.15) is 25.1 Å². The highest BCUT2D eigenvalue weighted by molar-refractivity contribution is 5.47. The van der Waals surface area contributed by atoms with Crippen molar-refractivity contribution in [2.24, 2.45) is 0 Å². The maximum atomic E-state index is 13.6. The summed E-state index contributed by atoms with van der Waals surface area (Å²) in [4.78, 5) is 7.84. The Morgan fingerprint density at radius 2 is 1.85 bits per heavy atom. The number of halogens is 2. The molecule has 0 aliphatic rings. The van der Waals surface area contributed by atoms with E-state index in [0.29, 0.717) is 18.3 Å². The molecule has 2 aromatic rings. The number of hydrogen-bond acceptors (Lipinski definition) is 6. The molecule has 2 N–H and O–H groups in total. The van der Waals surface area contributed by atoms with E-state index in [1.165, 1.54) is 0 Å². The number of hydrogen-bond donors (Lipinski definition) is 2. The number of nitrogens with zero attached hydrogens (tertiary/aromatic N) is 3. The van der Waals surface area contributed by atoms with Gasteiger partial charge in [0.15, 0.2) is 29.1 Å². The van der Waals surface area contributed by atoms with E-state index in [9.17, 15) is 8.78 Å². The van der Waals surface area contributed by atoms with Gasteiger partial charge in [-0.25, -0.2) is 13.8 Å². The van der Waals surface area contributed by atoms with E-state index in [4.69, 9.17) is 4.52 Å². The molecule has 2 aromatic heterocycles. The molecule has 20 heavy (non-hydrogen) atoms. The van der Waals surface area contributed by atoms with Crippen LogP contribution in [0.25, 0.3) is 0 Å². The van der Waals surface area contributed by atoms with Crippen LogP contribution in [-0.4, -0.2) is 21.7 Å². The van der Waals surface area contributed by atoms with Crippen LogP contribution >= 0.6 is 0 Å². The first-order valence-electron chi connectivity index (χ1n) is 6.23. The molecule has 0 aliphatic heterocycles. The van der Waals surface area contributed by atoms with Crippen LogP contribution in [0.2, 0.25) is 0 Å². The second-order valence-corrected chi connectivity index (χ2v) is 4.16. The molecule has 0 aromatic carbocycles. The highest BCUT2D eigenvalue weighted by atomic mass is 19.1. The smallest absolute Gasteiger partial charge is 0.223 e. The molecule has 6 nitrogen and oxygen atoms in total. The summed E-state index contributed by atoms with van der Waals surface area (Å²) < 4.78 is 31.9. The lowest BCUT2D eigenvalue weighted by molar-refractivity contribution is 0.388. The van der Waals surface area contributed by atoms with Crippen LogP contribution in [0.4, 0.5) is 20.4 Å². The number of aromatic nitrogens is 3. The molecule has 108 valence electrons. The van der Waals surface area contributed by atoms with E-state index in [1.807, 2.05) is 6.92 Å². The molecule has 0 atom stereocenters. The summed E-state index contributed by atoms with van der Waals surface area (Å²) in [5.41, 5.74) is 0. The average molecular weight is 283 g/mol. The Hall–Kier alpha value is -2.25. The summed E-state index contributed by atoms with van der Waals surface area (Å²) in [5.74, 6) is -0.759. The highest BCUT2D eigenvalue weighted by Gasteiger charge is 2.12. The second kappa shape index (κ2) is 6.27. The zero-order chi connectivity index (χ0) is 14.5. The molecule has 0 spiro atoms. The fourth-order valence-corrected chi connectivity index (χ4v) is 1.53. The summed E-state index contributed by atoms with van der Waals surface area (Å²) >= 11 is 0. The van der Waals surface area contributed by atoms with Gasteiger partial charge in [0, 0.05) is 19.5 Å². The fraction of sp³-hybridized carbons (Fsp3) is 0.417. The Labute approximate surface area is 114 Å². The number of aryl methyl sites for hydroxylation is 1. The summed E-state index contributed by atoms with van der Waals surface area (Å²) in [5, 5.41) is 9.16. The molecule has 0 bridgehead atoms. The summed E-state index contributed by atoms with van der Waals surface area (Å²) in [7, 11) is 0. The van der Waals surface area contributed by atoms with Gasteiger partial charge < -0.3 is 15.2 Å². The van der Waals surface area contributed by atoms with Gasteiger partial charge >= 0.3 is 0 Å². The van der Waals surface area contributed by atoms with Gasteiger partial charge in [-0.15, -0.1) is 0 Å². The molecule has 0 saturated carbocycles. The quantitative estimate of drug-likeness (QED) is 0.848. The summed E-state index contributed by atoms with van der Waals surface area (Å²) in [6, 6.07) is 0.787. The zero-order valence-corrected chi connectivity index (χ0v) is 11.2. The normalized spacial score (nSPS) is 10.6. The van der Waals surface area contributed by atoms with Crippen molar-refractivity contribution in [3.05, 3.63) is 29.4 Å². The molecular formula is C12H15F2N5O. The van der Waals surface area contributed by atoms with Gasteiger partial charge in [-0.05, 0) is 6.42 Å². The molecule has 2 heterocycles. The van der Waals surface area contributed by atoms with Crippen LogP contribution in [-0.2, 0) is 6.54 Å². The lowest BCUT2D eigenvalue weighted by atomic mass is 10.3. The largest absolute Gasteiger partial charge is 0.368 e. The lowest BCUT2D eigenvalue weighted by Crippen LogP contribution is -2.10. The van der Waals surface area contributed by atoms with Crippen LogP contribution in [0.15, 0.2) is 10.6 Å². The Kier molecular flexibility index (Phi) is 4.44. The Morgan fingerprint density at radius 3 is 2.45 bits per heavy atom. The first-order valence-corrected chi connectivity index (χ1v) is 6.23. The minimum absolute atomic E-state index is 0.0139. The van der Waals surface area contributed by atoms with Crippen molar-refractivity contribution in [2.75, 3.05) is 17.2 Å². The van der Waals surface area contributed by atoms with Crippen LogP contribution in [0.5, 0.6) is 0 Å². The topological polar surface area (TPSA) is 75.9 Å². The van der Waals surface area contributed by atoms with Gasteiger partial charge in [-0.3, -0.25) is 0 Å². The number of nitrogens with one attached hydrogen (secondary N) is 2. The number of rotatable bonds is 6. The fourth-order valence-electron chi connectivity index (χ4n) is 1.53. The monoisotopic (exact) mass is 283 g/mol. The zero-order valence-electron chi connectivity index (χ0n) is 11.2. The Balaban J connectivity index is 2.09. The van der Waals surface area contributed by atoms with Crippen molar-refractivity contribution < 1.29 is 13.3 Å². The minimum atomic E-state index is -0.773. The summed E-state index contributed by atoms with van der Waals surface area (Å²) in [6.07, 6.45) is 0.809. The van der Waals surface area contributed by atoms with E-state index in [1.54, 1.807) is 6.92 Å². The van der Waals surface area contributed by atoms with Gasteiger partial charge in [-0.1, -0.05) is 12.1 Å². The molecule has 0 radical (unpaired) electrons. The first kappa shape index (κ1) is 14.2. The maximum absolute atomic E-state index is 13.6. The first-order chi connectivity index (χ1) is 9.60. The van der Waals surface area contributed by atoms with Gasteiger partial charge in [0.05, 0.1) is 6.54 Å². The lowest BCUT2D eigenvalue weighted by Gasteiger charge is -2.09. The van der Waals surface area contributed by atoms with Gasteiger partial charge in [0.2, 0.25) is 5.89 Å². The molecule has 0 unspecified atom stereocenters. The third-order valence-corrected chi connectivity index (χ3v) is 2.46. The van der Waals surface area contributed by atoms with Crippen LogP contribution < -0.4 is 10.6 Å². The minimum Gasteiger partial charge on any atom is -0.368 e. The van der Waals surface area contributed by atoms with Crippen molar-refractivity contribution in [3.8, 4) is 0 Å². The van der Waals surface area contributed by atoms with Crippen molar-refractivity contribution in [1.29, 1.82) is 0 Å². The molecular weight excluding hydrogens is 268 g/mol. The van der Waals surface area contributed by atoms with Gasteiger partial charge in [-0.2, -0.15) is 4.98 Å². The standard InChI is InChI=1S/C12H15F2N5O/c1-3-4-15-11-8(13)5-9(14)12(18-11)16-6-10-17-7(2)20-19-10/h5H,3-4,6H2,1-2H3,(H2,15,16,18). The van der Waals surface area contributed by atoms with E-state index >= 15 is 0 Å². The van der Waals surface area contributed by atoms with Crippen LogP contribution in [0.3, 0.4) is 0 Å². The van der Waals surface area contributed by atoms with E-state index in [2.05, 4.69) is 25.8 Å². The maximum Gasteiger partial charge on any atom is 0.223 e. The molecule has 0 amide bonds. The number of anilines is 2. The predicted molar refractivity (Wildman–Crippen MR) is 69.3 cm³/mol. The van der Waals surface area contributed by atoms with Crippen molar-refractivity contribution in [3.63, 3.8) is 0 Å². The Morgan fingerprint density at radius 1 is 1.15 bits per heavy atom. The van der Waals surface area contributed by atoms with E-state index < -0.39 is 11.6 Å².